The van der Waals surface area contributed by atoms with E-state index in [0.717, 1.165) is 40.8 Å². The first-order chi connectivity index (χ1) is 32.1. The number of nitrogens with zero attached hydrogens (tertiary/aromatic N) is 1. The molecule has 1 saturated heterocycles. The normalized spacial score (nSPS) is 44.2. The molecule has 12 aliphatic carbocycles. The van der Waals surface area contributed by atoms with Crippen molar-refractivity contribution in [2.75, 3.05) is 0 Å². The molecule has 1 N–H and O–H groups in total. The van der Waals surface area contributed by atoms with E-state index >= 15 is 0 Å². The van der Waals surface area contributed by atoms with Crippen molar-refractivity contribution < 1.29 is 0 Å². The van der Waals surface area contributed by atoms with E-state index in [0.29, 0.717) is 40.6 Å². The Morgan fingerprint density at radius 1 is 0.677 bits per heavy atom. The lowest BCUT2D eigenvalue weighted by molar-refractivity contribution is 0.0652. The molecular formula is C62H82N2S. The molecule has 1 heterocycles. The number of thioether (sulfide) groups is 1. The highest BCUT2D eigenvalue weighted by Crippen LogP contribution is 2.76. The number of fused-ring (bicyclic) bond motifs is 12. The number of allylic oxidation sites excluding steroid dienone is 14. The minimum Gasteiger partial charge on any atom is -0.342 e. The van der Waals surface area contributed by atoms with Crippen molar-refractivity contribution in [1.82, 2.24) is 10.2 Å². The van der Waals surface area contributed by atoms with E-state index in [1.807, 2.05) is 16.7 Å². The van der Waals surface area contributed by atoms with Gasteiger partial charge in [-0.2, -0.15) is 0 Å². The van der Waals surface area contributed by atoms with Gasteiger partial charge in [-0.05, 0) is 188 Å². The van der Waals surface area contributed by atoms with Gasteiger partial charge in [-0.25, -0.2) is 0 Å². The zero-order chi connectivity index (χ0) is 43.1. The van der Waals surface area contributed by atoms with Crippen LogP contribution in [-0.4, -0.2) is 33.5 Å². The molecule has 0 bridgehead atoms. The first kappa shape index (κ1) is 42.6. The summed E-state index contributed by atoms with van der Waals surface area (Å²) in [6.45, 7) is 2.70. The van der Waals surface area contributed by atoms with Gasteiger partial charge >= 0.3 is 0 Å². The Bertz CT molecular complexity index is 2180. The molecule has 0 amide bonds. The summed E-state index contributed by atoms with van der Waals surface area (Å²) in [5, 5.41) is 5.96. The van der Waals surface area contributed by atoms with E-state index < -0.39 is 0 Å². The molecule has 1 spiro atoms. The zero-order valence-corrected chi connectivity index (χ0v) is 41.1. The first-order valence-electron chi connectivity index (χ1n) is 28.2. The predicted molar refractivity (Wildman–Crippen MR) is 274 cm³/mol. The van der Waals surface area contributed by atoms with Crippen LogP contribution in [-0.2, 0) is 0 Å². The highest BCUT2D eigenvalue weighted by atomic mass is 32.2. The van der Waals surface area contributed by atoms with Gasteiger partial charge in [0.25, 0.3) is 0 Å². The monoisotopic (exact) mass is 887 g/mol. The van der Waals surface area contributed by atoms with E-state index in [1.165, 1.54) is 167 Å². The first-order valence-corrected chi connectivity index (χ1v) is 29.2. The topological polar surface area (TPSA) is 15.3 Å². The smallest absolute Gasteiger partial charge is 0.0419 e. The van der Waals surface area contributed by atoms with Gasteiger partial charge in [-0.15, -0.1) is 11.8 Å². The third-order valence-electron chi connectivity index (χ3n) is 21.3. The Hall–Kier alpha value is -2.49. The third-order valence-corrected chi connectivity index (χ3v) is 23.1. The van der Waals surface area contributed by atoms with Gasteiger partial charge in [-0.3, -0.25) is 0 Å². The summed E-state index contributed by atoms with van der Waals surface area (Å²) in [7, 11) is 0. The number of hydrogen-bond donors (Lipinski definition) is 1. The van der Waals surface area contributed by atoms with E-state index in [-0.39, 0.29) is 5.41 Å². The lowest BCUT2D eigenvalue weighted by Crippen LogP contribution is -2.53. The molecular weight excluding hydrogens is 805 g/mol. The zero-order valence-electron chi connectivity index (χ0n) is 40.3. The highest BCUT2D eigenvalue weighted by molar-refractivity contribution is 8.01. The Morgan fingerprint density at radius 2 is 1.55 bits per heavy atom. The molecule has 2 nitrogen and oxygen atoms in total. The molecule has 13 aliphatic rings. The van der Waals surface area contributed by atoms with Crippen LogP contribution in [0.2, 0.25) is 0 Å². The average molecular weight is 887 g/mol. The molecule has 0 aromatic carbocycles. The standard InChI is InChI=1S/C62H82N2S/c1-61(39-17-16-36-58(61)63-55-33-18-28-48-47-26-11-15-35-57(47)65-60(48)55)52-31-19-32-53-59(52)49-27-9-13-30-51(49)62(53)50-29-12-8-25-45(50)46-38-37-43(40-54(46)62)64(42-22-6-3-7-23-42)56-34-14-10-24-44(56)41-20-4-2-5-21-41/h11-12,14,16-17,22,26,28-29,31,34,36,39,41,43,45,47,49-51,53,55,57-60,63H,2-10,13,15,18-21,23-25,27,30,32-33,35,37-38,40H2,1H3/t43?,45?,47?,49?,50?,51?,53?,55?,57?,58?,59?,60?,61-,62?/m1/s1. The van der Waals surface area contributed by atoms with E-state index in [2.05, 4.69) is 113 Å². The molecule has 3 heteroatoms. The van der Waals surface area contributed by atoms with Gasteiger partial charge in [0.05, 0.1) is 0 Å². The van der Waals surface area contributed by atoms with Gasteiger partial charge in [0.15, 0.2) is 0 Å². The minimum absolute atomic E-state index is 0.00909. The van der Waals surface area contributed by atoms with Crippen molar-refractivity contribution in [3.8, 4) is 0 Å². The molecule has 1 aliphatic heterocycles. The minimum atomic E-state index is 0.00909. The second kappa shape index (κ2) is 17.5. The molecule has 0 radical (unpaired) electrons. The summed E-state index contributed by atoms with van der Waals surface area (Å²) >= 11 is 2.34. The van der Waals surface area contributed by atoms with Crippen LogP contribution >= 0.6 is 11.8 Å². The Kier molecular flexibility index (Phi) is 11.5. The third kappa shape index (κ3) is 6.84. The van der Waals surface area contributed by atoms with E-state index in [9.17, 15) is 0 Å². The lowest BCUT2D eigenvalue weighted by Gasteiger charge is -2.51. The van der Waals surface area contributed by atoms with Crippen molar-refractivity contribution >= 4 is 11.8 Å². The van der Waals surface area contributed by atoms with Crippen LogP contribution in [0.3, 0.4) is 0 Å². The summed E-state index contributed by atoms with van der Waals surface area (Å²) in [4.78, 5) is 3.10. The van der Waals surface area contributed by atoms with Crippen molar-refractivity contribution in [1.29, 1.82) is 0 Å². The number of hydrogen-bond acceptors (Lipinski definition) is 3. The predicted octanol–water partition coefficient (Wildman–Crippen LogP) is 15.8. The summed E-state index contributed by atoms with van der Waals surface area (Å²) in [5.74, 6) is 6.14. The second-order valence-corrected chi connectivity index (χ2v) is 25.5. The van der Waals surface area contributed by atoms with Crippen molar-refractivity contribution in [2.24, 2.45) is 58.2 Å². The summed E-state index contributed by atoms with van der Waals surface area (Å²) in [6, 6.07) is 1.52. The maximum Gasteiger partial charge on any atom is 0.0419 e. The molecule has 13 rings (SSSR count). The summed E-state index contributed by atoms with van der Waals surface area (Å²) < 4.78 is 0. The Labute approximate surface area is 398 Å². The van der Waals surface area contributed by atoms with Crippen LogP contribution in [0.5, 0.6) is 0 Å². The van der Waals surface area contributed by atoms with Gasteiger partial charge in [-0.1, -0.05) is 134 Å². The van der Waals surface area contributed by atoms with Crippen LogP contribution in [0.1, 0.15) is 174 Å². The van der Waals surface area contributed by atoms with Gasteiger partial charge in [0.1, 0.15) is 0 Å². The lowest BCUT2D eigenvalue weighted by atomic mass is 9.54. The van der Waals surface area contributed by atoms with Gasteiger partial charge < -0.3 is 10.2 Å². The molecule has 346 valence electrons. The van der Waals surface area contributed by atoms with E-state index in [4.69, 9.17) is 0 Å². The van der Waals surface area contributed by atoms with Crippen LogP contribution in [0.4, 0.5) is 0 Å². The molecule has 13 unspecified atom stereocenters. The fraction of sp³-hybridized carbons (Fsp3) is 0.677. The number of rotatable bonds is 7. The second-order valence-electron chi connectivity index (χ2n) is 24.1. The maximum atomic E-state index is 4.53. The van der Waals surface area contributed by atoms with Gasteiger partial charge in [0.2, 0.25) is 0 Å². The van der Waals surface area contributed by atoms with Crippen LogP contribution < -0.4 is 5.32 Å². The molecule has 65 heavy (non-hydrogen) atoms. The van der Waals surface area contributed by atoms with Crippen LogP contribution in [0.15, 0.2) is 118 Å². The van der Waals surface area contributed by atoms with Crippen molar-refractivity contribution in [3.05, 3.63) is 118 Å². The highest BCUT2D eigenvalue weighted by Gasteiger charge is 2.70. The summed E-state index contributed by atoms with van der Waals surface area (Å²) in [6.07, 6.45) is 69.8. The Balaban J connectivity index is 0.874. The quantitative estimate of drug-likeness (QED) is 0.257. The SMILES string of the molecule is C[C@]1(C2=CCCC3C2C2CCCCC2C32C3=C(CCC(N(C4=CCCCC4)C4=C(C5CCCCC5)CCC=C4)C3)C3CCC=CC32)C=CC=CC1NC1CCC=C2C3C=CCCC3SC21. The maximum absolute atomic E-state index is 4.53. The van der Waals surface area contributed by atoms with E-state index in [1.54, 1.807) is 17.0 Å². The van der Waals surface area contributed by atoms with Crippen molar-refractivity contribution in [3.63, 3.8) is 0 Å². The van der Waals surface area contributed by atoms with Crippen molar-refractivity contribution in [2.45, 2.75) is 202 Å². The number of nitrogens with one attached hydrogen (secondary N) is 1. The van der Waals surface area contributed by atoms with Crippen LogP contribution in [0.25, 0.3) is 0 Å². The largest absolute Gasteiger partial charge is 0.342 e. The van der Waals surface area contributed by atoms with Gasteiger partial charge in [0, 0.05) is 56.8 Å². The molecule has 0 aromatic rings. The average Bonchev–Trinajstić information content (AvgIpc) is 4.00. The summed E-state index contributed by atoms with van der Waals surface area (Å²) in [5.41, 5.74) is 13.3. The molecule has 3 saturated carbocycles. The molecule has 0 aromatic heterocycles. The Morgan fingerprint density at radius 3 is 2.48 bits per heavy atom. The fourth-order valence-electron chi connectivity index (χ4n) is 18.9. The van der Waals surface area contributed by atoms with Crippen LogP contribution in [0, 0.1) is 58.2 Å². The molecule has 4 fully saturated rings. The molecule has 14 atom stereocenters. The fourth-order valence-corrected chi connectivity index (χ4v) is 20.8.